The normalized spacial score (nSPS) is 13.8. The fourth-order valence-corrected chi connectivity index (χ4v) is 9.64. The van der Waals surface area contributed by atoms with Crippen LogP contribution in [0.5, 0.6) is 0 Å². The van der Waals surface area contributed by atoms with Gasteiger partial charge in [0.25, 0.3) is 0 Å². The van der Waals surface area contributed by atoms with Gasteiger partial charge in [0.1, 0.15) is 12.2 Å². The summed E-state index contributed by atoms with van der Waals surface area (Å²) in [6.45, 7) is 4.08. The minimum absolute atomic E-state index is 0.366. The zero-order valence-electron chi connectivity index (χ0n) is 45.2. The third-order valence-electron chi connectivity index (χ3n) is 14.4. The molecule has 6 nitrogen and oxygen atoms in total. The van der Waals surface area contributed by atoms with Crippen LogP contribution < -0.4 is 5.32 Å². The molecule has 0 aromatic heterocycles. The number of hydrogen-bond acceptors (Lipinski definition) is 5. The minimum atomic E-state index is -1.28. The maximum atomic E-state index is 12.6. The van der Waals surface area contributed by atoms with Crippen LogP contribution in [0.25, 0.3) is 0 Å². The lowest BCUT2D eigenvalue weighted by Gasteiger charge is -2.27. The van der Waals surface area contributed by atoms with Crippen LogP contribution in [0.3, 0.4) is 0 Å². The molecule has 0 aliphatic heterocycles. The van der Waals surface area contributed by atoms with Crippen LogP contribution >= 0.6 is 0 Å². The van der Waals surface area contributed by atoms with E-state index in [9.17, 15) is 25.2 Å². The number of unbranched alkanes of at least 4 members (excludes halogenated alkanes) is 43. The number of allylic oxidation sites excluding steroid dienone is 4. The minimum Gasteiger partial charge on any atom is -0.394 e. The van der Waals surface area contributed by atoms with E-state index in [4.69, 9.17) is 0 Å². The maximum Gasteiger partial charge on any atom is 0.249 e. The highest BCUT2D eigenvalue weighted by Gasteiger charge is 2.28. The van der Waals surface area contributed by atoms with E-state index in [1.807, 2.05) is 0 Å². The van der Waals surface area contributed by atoms with E-state index in [-0.39, 0.29) is 0 Å². The summed E-state index contributed by atoms with van der Waals surface area (Å²) in [7, 11) is 0. The fourth-order valence-electron chi connectivity index (χ4n) is 9.64. The molecular weight excluding hydrogens is 827 g/mol. The molecule has 4 atom stereocenters. The standard InChI is InChI=1S/C61H119NO5/c1-3-5-7-9-11-13-15-17-19-21-23-25-26-27-28-29-30-31-32-33-34-35-37-39-41-43-45-47-49-51-53-55-59(65)61(67)62-57(56-63)60(66)58(64)54-52-50-48-46-44-42-40-38-36-24-22-20-18-16-14-12-10-8-6-4-2/h27-28,46,48,57-60,63-66H,3-26,29-45,47,49-56H2,1-2H3,(H,62,67)/b28-27-,48-46+. The van der Waals surface area contributed by atoms with Gasteiger partial charge >= 0.3 is 0 Å². The number of aliphatic hydroxyl groups is 4. The van der Waals surface area contributed by atoms with Crippen LogP contribution in [-0.2, 0) is 4.79 Å². The van der Waals surface area contributed by atoms with Crippen LogP contribution in [0, 0.1) is 0 Å². The van der Waals surface area contributed by atoms with E-state index in [1.165, 1.54) is 263 Å². The second kappa shape index (κ2) is 55.7. The number of amides is 1. The summed E-state index contributed by atoms with van der Waals surface area (Å²) in [6.07, 6.45) is 68.4. The van der Waals surface area contributed by atoms with Gasteiger partial charge in [-0.15, -0.1) is 0 Å². The molecule has 0 aromatic rings. The Kier molecular flexibility index (Phi) is 54.7. The predicted octanol–water partition coefficient (Wildman–Crippen LogP) is 17.8. The summed E-state index contributed by atoms with van der Waals surface area (Å²) >= 11 is 0. The SMILES string of the molecule is CCCCCCCCCCCCCC/C=C\CCCCCCCCCCCCCCCCCC(O)C(=O)NC(CO)C(O)C(O)CCC/C=C/CCCCCCCCCCCCCCCCC. The van der Waals surface area contributed by atoms with Crippen molar-refractivity contribution >= 4 is 5.91 Å². The lowest BCUT2D eigenvalue weighted by atomic mass is 10.00. The average Bonchev–Trinajstić information content (AvgIpc) is 3.33. The Bertz CT molecular complexity index is 1020. The molecule has 4 unspecified atom stereocenters. The van der Waals surface area contributed by atoms with Gasteiger partial charge < -0.3 is 25.7 Å². The molecule has 0 heterocycles. The van der Waals surface area contributed by atoms with E-state index >= 15 is 0 Å². The molecule has 0 aliphatic carbocycles. The van der Waals surface area contributed by atoms with Crippen molar-refractivity contribution in [3.8, 4) is 0 Å². The number of aliphatic hydroxyl groups excluding tert-OH is 4. The van der Waals surface area contributed by atoms with Crippen molar-refractivity contribution in [3.05, 3.63) is 24.3 Å². The Morgan fingerprint density at radius 3 is 0.896 bits per heavy atom. The van der Waals surface area contributed by atoms with E-state index < -0.39 is 36.9 Å². The third kappa shape index (κ3) is 49.6. The van der Waals surface area contributed by atoms with E-state index in [1.54, 1.807) is 0 Å². The topological polar surface area (TPSA) is 110 Å². The number of hydrogen-bond donors (Lipinski definition) is 5. The summed E-state index contributed by atoms with van der Waals surface area (Å²) in [5.41, 5.74) is 0. The van der Waals surface area contributed by atoms with Gasteiger partial charge in [-0.25, -0.2) is 0 Å². The molecule has 6 heteroatoms. The van der Waals surface area contributed by atoms with Crippen molar-refractivity contribution in [2.24, 2.45) is 0 Å². The first-order valence-electron chi connectivity index (χ1n) is 30.2. The summed E-state index contributed by atoms with van der Waals surface area (Å²) in [4.78, 5) is 12.6. The van der Waals surface area contributed by atoms with Crippen molar-refractivity contribution in [2.75, 3.05) is 6.61 Å². The summed E-state index contributed by atoms with van der Waals surface area (Å²) < 4.78 is 0. The summed E-state index contributed by atoms with van der Waals surface area (Å²) in [6, 6.07) is -1.00. The Balaban J connectivity index is 3.59. The highest BCUT2D eigenvalue weighted by Crippen LogP contribution is 2.18. The van der Waals surface area contributed by atoms with Crippen LogP contribution in [-0.4, -0.2) is 57.3 Å². The summed E-state index contributed by atoms with van der Waals surface area (Å²) in [5, 5.41) is 44.0. The van der Waals surface area contributed by atoms with E-state index in [2.05, 4.69) is 43.5 Å². The number of carbonyl (C=O) groups is 1. The van der Waals surface area contributed by atoms with E-state index in [0.29, 0.717) is 12.8 Å². The molecule has 1 amide bonds. The number of carbonyl (C=O) groups excluding carboxylic acids is 1. The highest BCUT2D eigenvalue weighted by atomic mass is 16.3. The maximum absolute atomic E-state index is 12.6. The quantitative estimate of drug-likeness (QED) is 0.0308. The van der Waals surface area contributed by atoms with Crippen molar-refractivity contribution in [1.82, 2.24) is 5.32 Å². The van der Waals surface area contributed by atoms with Gasteiger partial charge in [-0.3, -0.25) is 4.79 Å². The molecule has 0 radical (unpaired) electrons. The van der Waals surface area contributed by atoms with Crippen molar-refractivity contribution in [3.63, 3.8) is 0 Å². The zero-order valence-corrected chi connectivity index (χ0v) is 45.2. The van der Waals surface area contributed by atoms with Gasteiger partial charge in [-0.1, -0.05) is 289 Å². The third-order valence-corrected chi connectivity index (χ3v) is 14.4. The molecular formula is C61H119NO5. The first-order chi connectivity index (χ1) is 33.0. The Morgan fingerprint density at radius 2 is 0.612 bits per heavy atom. The Hall–Kier alpha value is -1.21. The molecule has 67 heavy (non-hydrogen) atoms. The average molecular weight is 947 g/mol. The molecule has 0 aromatic carbocycles. The molecule has 0 spiro atoms. The van der Waals surface area contributed by atoms with Crippen LogP contribution in [0.15, 0.2) is 24.3 Å². The first kappa shape index (κ1) is 65.8. The van der Waals surface area contributed by atoms with Crippen LogP contribution in [0.4, 0.5) is 0 Å². The smallest absolute Gasteiger partial charge is 0.249 e. The van der Waals surface area contributed by atoms with Gasteiger partial charge in [-0.05, 0) is 64.2 Å². The second-order valence-electron chi connectivity index (χ2n) is 21.0. The van der Waals surface area contributed by atoms with E-state index in [0.717, 1.165) is 38.5 Å². The lowest BCUT2D eigenvalue weighted by Crippen LogP contribution is -2.53. The predicted molar refractivity (Wildman–Crippen MR) is 293 cm³/mol. The molecule has 0 fully saturated rings. The molecule has 5 N–H and O–H groups in total. The number of nitrogens with one attached hydrogen (secondary N) is 1. The molecule has 0 aliphatic rings. The van der Waals surface area contributed by atoms with Crippen molar-refractivity contribution < 1.29 is 25.2 Å². The Labute approximate surface area is 418 Å². The monoisotopic (exact) mass is 946 g/mol. The van der Waals surface area contributed by atoms with Gasteiger partial charge in [-0.2, -0.15) is 0 Å². The first-order valence-corrected chi connectivity index (χ1v) is 30.2. The van der Waals surface area contributed by atoms with Crippen LogP contribution in [0.1, 0.15) is 328 Å². The van der Waals surface area contributed by atoms with Crippen molar-refractivity contribution in [2.45, 2.75) is 353 Å². The molecule has 0 saturated heterocycles. The molecule has 0 bridgehead atoms. The fraction of sp³-hybridized carbons (Fsp3) is 0.918. The highest BCUT2D eigenvalue weighted by molar-refractivity contribution is 5.80. The van der Waals surface area contributed by atoms with Crippen LogP contribution in [0.2, 0.25) is 0 Å². The van der Waals surface area contributed by atoms with Gasteiger partial charge in [0.15, 0.2) is 0 Å². The number of rotatable bonds is 56. The van der Waals surface area contributed by atoms with Crippen molar-refractivity contribution in [1.29, 1.82) is 0 Å². The second-order valence-corrected chi connectivity index (χ2v) is 21.0. The molecule has 0 saturated carbocycles. The van der Waals surface area contributed by atoms with Gasteiger partial charge in [0.2, 0.25) is 5.91 Å². The van der Waals surface area contributed by atoms with Gasteiger partial charge in [0.05, 0.1) is 18.8 Å². The molecule has 0 rings (SSSR count). The Morgan fingerprint density at radius 1 is 0.358 bits per heavy atom. The zero-order chi connectivity index (χ0) is 48.8. The molecule has 398 valence electrons. The lowest BCUT2D eigenvalue weighted by molar-refractivity contribution is -0.132. The largest absolute Gasteiger partial charge is 0.394 e. The van der Waals surface area contributed by atoms with Gasteiger partial charge in [0, 0.05) is 0 Å². The summed E-state index contributed by atoms with van der Waals surface area (Å²) in [5.74, 6) is -0.588.